The molecule has 1 heterocycles. The van der Waals surface area contributed by atoms with Crippen molar-refractivity contribution in [2.75, 3.05) is 30.4 Å². The molecule has 0 spiro atoms. The Labute approximate surface area is 168 Å². The van der Waals surface area contributed by atoms with Gasteiger partial charge in [0, 0.05) is 49.4 Å². The molecule has 0 atom stereocenters. The molecular weight excluding hydrogens is 349 g/mol. The summed E-state index contributed by atoms with van der Waals surface area (Å²) >= 11 is 0. The molecule has 28 heavy (non-hydrogen) atoms. The molecule has 0 radical (unpaired) electrons. The third kappa shape index (κ3) is 3.96. The number of rotatable bonds is 5. The lowest BCUT2D eigenvalue weighted by molar-refractivity contribution is 0.546. The lowest BCUT2D eigenvalue weighted by atomic mass is 9.87. The van der Waals surface area contributed by atoms with E-state index >= 15 is 0 Å². The van der Waals surface area contributed by atoms with Gasteiger partial charge in [0.25, 0.3) is 0 Å². The van der Waals surface area contributed by atoms with E-state index in [1.54, 1.807) is 12.3 Å². The highest BCUT2D eigenvalue weighted by Gasteiger charge is 2.31. The summed E-state index contributed by atoms with van der Waals surface area (Å²) in [4.78, 5) is 8.81. The number of nitrogens with zero attached hydrogens (tertiary/aromatic N) is 3. The van der Waals surface area contributed by atoms with E-state index in [1.165, 1.54) is 5.57 Å². The molecule has 2 aromatic rings. The van der Waals surface area contributed by atoms with Crippen molar-refractivity contribution in [2.24, 2.45) is 4.99 Å². The van der Waals surface area contributed by atoms with Crippen LogP contribution in [0.1, 0.15) is 45.2 Å². The van der Waals surface area contributed by atoms with E-state index < -0.39 is 0 Å². The molecule has 0 aliphatic carbocycles. The number of fused-ring (bicyclic) bond motifs is 1. The molecule has 148 valence electrons. The Balaban J connectivity index is 1.95. The second-order valence-electron chi connectivity index (χ2n) is 8.19. The Kier molecular flexibility index (Phi) is 5.59. The molecule has 0 N–H and O–H groups in total. The van der Waals surface area contributed by atoms with Crippen molar-refractivity contribution in [3.8, 4) is 0 Å². The maximum atomic E-state index is 14.9. The van der Waals surface area contributed by atoms with Gasteiger partial charge in [-0.1, -0.05) is 13.0 Å². The van der Waals surface area contributed by atoms with Crippen LogP contribution in [0.2, 0.25) is 0 Å². The highest BCUT2D eigenvalue weighted by Crippen LogP contribution is 2.40. The van der Waals surface area contributed by atoms with Crippen molar-refractivity contribution in [2.45, 2.75) is 39.7 Å². The largest absolute Gasteiger partial charge is 0.378 e. The molecule has 0 fully saturated rings. The third-order valence-corrected chi connectivity index (χ3v) is 5.26. The van der Waals surface area contributed by atoms with Crippen LogP contribution in [0.5, 0.6) is 0 Å². The Morgan fingerprint density at radius 2 is 1.82 bits per heavy atom. The second kappa shape index (κ2) is 7.78. The second-order valence-corrected chi connectivity index (χ2v) is 8.19. The number of allylic oxidation sites excluding steroid dienone is 1. The van der Waals surface area contributed by atoms with Crippen molar-refractivity contribution in [1.29, 1.82) is 0 Å². The van der Waals surface area contributed by atoms with E-state index in [4.69, 9.17) is 0 Å². The molecule has 1 aliphatic heterocycles. The third-order valence-electron chi connectivity index (χ3n) is 5.26. The van der Waals surface area contributed by atoms with E-state index in [0.717, 1.165) is 35.6 Å². The van der Waals surface area contributed by atoms with E-state index in [2.05, 4.69) is 43.7 Å². The Morgan fingerprint density at radius 1 is 1.14 bits per heavy atom. The topological polar surface area (TPSA) is 18.8 Å². The number of hydrogen-bond acceptors (Lipinski definition) is 3. The summed E-state index contributed by atoms with van der Waals surface area (Å²) in [5, 5.41) is 0. The van der Waals surface area contributed by atoms with Crippen LogP contribution in [0.15, 0.2) is 47.5 Å². The van der Waals surface area contributed by atoms with Crippen LogP contribution in [-0.2, 0) is 0 Å². The minimum atomic E-state index is -0.237. The van der Waals surface area contributed by atoms with Crippen molar-refractivity contribution >= 4 is 28.8 Å². The minimum absolute atomic E-state index is 0.122. The zero-order valence-electron chi connectivity index (χ0n) is 17.8. The van der Waals surface area contributed by atoms with E-state index in [9.17, 15) is 4.39 Å². The van der Waals surface area contributed by atoms with Gasteiger partial charge in [0.2, 0.25) is 0 Å². The Hall–Kier alpha value is -2.62. The Morgan fingerprint density at radius 3 is 2.43 bits per heavy atom. The molecule has 0 amide bonds. The average molecular weight is 380 g/mol. The summed E-state index contributed by atoms with van der Waals surface area (Å²) in [5.41, 5.74) is 5.54. The summed E-state index contributed by atoms with van der Waals surface area (Å²) in [7, 11) is 4.00. The molecule has 0 saturated heterocycles. The summed E-state index contributed by atoms with van der Waals surface area (Å²) in [6.45, 7) is 9.51. The van der Waals surface area contributed by atoms with Crippen molar-refractivity contribution < 1.29 is 4.39 Å². The quantitative estimate of drug-likeness (QED) is 0.589. The minimum Gasteiger partial charge on any atom is -0.378 e. The van der Waals surface area contributed by atoms with Gasteiger partial charge >= 0.3 is 0 Å². The molecular formula is C24H30FN3. The zero-order valence-corrected chi connectivity index (χ0v) is 17.8. The predicted molar refractivity (Wildman–Crippen MR) is 120 cm³/mol. The first-order chi connectivity index (χ1) is 13.2. The van der Waals surface area contributed by atoms with Crippen LogP contribution < -0.4 is 9.80 Å². The summed E-state index contributed by atoms with van der Waals surface area (Å²) in [6.07, 6.45) is 4.91. The van der Waals surface area contributed by atoms with Crippen molar-refractivity contribution in [3.05, 3.63) is 59.4 Å². The van der Waals surface area contributed by atoms with Gasteiger partial charge in [0.05, 0.1) is 11.2 Å². The lowest BCUT2D eigenvalue weighted by Crippen LogP contribution is -2.45. The molecule has 0 bridgehead atoms. The SMILES string of the molecule is CCCN1c2cc(F)c(C=Nc3ccc(N(C)C)cc3)cc2C(C)=CC1(C)C. The molecule has 4 heteroatoms. The van der Waals surface area contributed by atoms with Crippen LogP contribution in [0.25, 0.3) is 5.57 Å². The number of benzene rings is 2. The van der Waals surface area contributed by atoms with E-state index in [1.807, 2.05) is 49.3 Å². The van der Waals surface area contributed by atoms with E-state index in [-0.39, 0.29) is 11.4 Å². The summed E-state index contributed by atoms with van der Waals surface area (Å²) in [6, 6.07) is 11.5. The maximum absolute atomic E-state index is 14.9. The van der Waals surface area contributed by atoms with Gasteiger partial charge in [-0.05, 0) is 69.2 Å². The first-order valence-corrected chi connectivity index (χ1v) is 9.85. The first kappa shape index (κ1) is 20.1. The van der Waals surface area contributed by atoms with Crippen molar-refractivity contribution in [3.63, 3.8) is 0 Å². The smallest absolute Gasteiger partial charge is 0.134 e. The summed E-state index contributed by atoms with van der Waals surface area (Å²) < 4.78 is 14.9. The fraction of sp³-hybridized carbons (Fsp3) is 0.375. The van der Waals surface area contributed by atoms with Crippen LogP contribution in [-0.4, -0.2) is 32.4 Å². The maximum Gasteiger partial charge on any atom is 0.134 e. The zero-order chi connectivity index (χ0) is 20.5. The molecule has 0 aromatic heterocycles. The Bertz CT molecular complexity index is 908. The standard InChI is InChI=1S/C24H30FN3/c1-7-12-28-23-14-22(25)18(13-21(23)17(2)15-24(28,3)4)16-26-19-8-10-20(11-9-19)27(5)6/h8-11,13-16H,7,12H2,1-6H3. The summed E-state index contributed by atoms with van der Waals surface area (Å²) in [5.74, 6) is -0.237. The van der Waals surface area contributed by atoms with Gasteiger partial charge in [-0.2, -0.15) is 0 Å². The fourth-order valence-electron chi connectivity index (χ4n) is 3.83. The molecule has 3 nitrogen and oxygen atoms in total. The predicted octanol–water partition coefficient (Wildman–Crippen LogP) is 6.05. The molecule has 2 aromatic carbocycles. The highest BCUT2D eigenvalue weighted by atomic mass is 19.1. The molecule has 0 saturated carbocycles. The van der Waals surface area contributed by atoms with Crippen LogP contribution >= 0.6 is 0 Å². The van der Waals surface area contributed by atoms with Crippen LogP contribution in [0.4, 0.5) is 21.5 Å². The van der Waals surface area contributed by atoms with Gasteiger partial charge in [-0.15, -0.1) is 0 Å². The first-order valence-electron chi connectivity index (χ1n) is 9.85. The number of hydrogen-bond donors (Lipinski definition) is 0. The van der Waals surface area contributed by atoms with E-state index in [0.29, 0.717) is 5.56 Å². The molecule has 1 aliphatic rings. The monoisotopic (exact) mass is 379 g/mol. The lowest BCUT2D eigenvalue weighted by Gasteiger charge is -2.43. The van der Waals surface area contributed by atoms with Crippen molar-refractivity contribution in [1.82, 2.24) is 0 Å². The normalized spacial score (nSPS) is 15.5. The van der Waals surface area contributed by atoms with Crippen LogP contribution in [0, 0.1) is 5.82 Å². The van der Waals surface area contributed by atoms with Gasteiger partial charge in [-0.25, -0.2) is 4.39 Å². The van der Waals surface area contributed by atoms with Gasteiger partial charge in [0.15, 0.2) is 0 Å². The number of halogens is 1. The van der Waals surface area contributed by atoms with Gasteiger partial charge < -0.3 is 9.80 Å². The van der Waals surface area contributed by atoms with Gasteiger partial charge in [-0.3, -0.25) is 4.99 Å². The fourth-order valence-corrected chi connectivity index (χ4v) is 3.83. The number of aliphatic imine (C=N–C) groups is 1. The van der Waals surface area contributed by atoms with Crippen LogP contribution in [0.3, 0.4) is 0 Å². The highest BCUT2D eigenvalue weighted by molar-refractivity contribution is 5.89. The molecule has 3 rings (SSSR count). The molecule has 0 unspecified atom stereocenters. The number of anilines is 2. The van der Waals surface area contributed by atoms with Gasteiger partial charge in [0.1, 0.15) is 5.82 Å². The average Bonchev–Trinajstić information content (AvgIpc) is 2.63.